The largest absolute Gasteiger partial charge is 0.377 e. The fourth-order valence-corrected chi connectivity index (χ4v) is 2.68. The van der Waals surface area contributed by atoms with Gasteiger partial charge in [0.2, 0.25) is 0 Å². The fraction of sp³-hybridized carbons (Fsp3) is 0.250. The Bertz CT molecular complexity index is 549. The van der Waals surface area contributed by atoms with Gasteiger partial charge in [-0.3, -0.25) is 0 Å². The van der Waals surface area contributed by atoms with E-state index in [2.05, 4.69) is 93.5 Å². The first-order valence-electron chi connectivity index (χ1n) is 6.38. The third-order valence-electron chi connectivity index (χ3n) is 3.13. The van der Waals surface area contributed by atoms with Crippen molar-refractivity contribution < 1.29 is 0 Å². The Balaban J connectivity index is 2.23. The Morgan fingerprint density at radius 3 is 2.37 bits per heavy atom. The highest BCUT2D eigenvalue weighted by molar-refractivity contribution is 9.10. The predicted octanol–water partition coefficient (Wildman–Crippen LogP) is 6.08. The van der Waals surface area contributed by atoms with Crippen molar-refractivity contribution >= 4 is 37.5 Å². The Labute approximate surface area is 131 Å². The molecule has 19 heavy (non-hydrogen) atoms. The number of nitrogens with one attached hydrogen (secondary N) is 1. The number of hydrogen-bond donors (Lipinski definition) is 1. The molecule has 2 rings (SSSR count). The van der Waals surface area contributed by atoms with E-state index in [0.29, 0.717) is 6.04 Å². The molecule has 0 aliphatic rings. The monoisotopic (exact) mass is 381 g/mol. The smallest absolute Gasteiger partial charge is 0.0511 e. The maximum atomic E-state index is 3.61. The number of aryl methyl sites for hydroxylation is 1. The van der Waals surface area contributed by atoms with Crippen LogP contribution in [0.15, 0.2) is 51.4 Å². The van der Waals surface area contributed by atoms with Gasteiger partial charge >= 0.3 is 0 Å². The van der Waals surface area contributed by atoms with Crippen molar-refractivity contribution in [2.24, 2.45) is 0 Å². The van der Waals surface area contributed by atoms with Gasteiger partial charge in [0.25, 0.3) is 0 Å². The van der Waals surface area contributed by atoms with Crippen molar-refractivity contribution in [3.63, 3.8) is 0 Å². The fourth-order valence-electron chi connectivity index (χ4n) is 2.05. The lowest BCUT2D eigenvalue weighted by Crippen LogP contribution is -2.10. The van der Waals surface area contributed by atoms with Gasteiger partial charge in [0.1, 0.15) is 0 Å². The summed E-state index contributed by atoms with van der Waals surface area (Å²) in [7, 11) is 0. The third-order valence-corrected chi connectivity index (χ3v) is 4.35. The molecule has 100 valence electrons. The zero-order valence-corrected chi connectivity index (χ0v) is 14.3. The average molecular weight is 383 g/mol. The molecule has 2 aromatic carbocycles. The van der Waals surface area contributed by atoms with Crippen molar-refractivity contribution in [1.29, 1.82) is 0 Å². The minimum Gasteiger partial charge on any atom is -0.377 e. The summed E-state index contributed by atoms with van der Waals surface area (Å²) in [5, 5.41) is 3.61. The standard InChI is InChI=1S/C16H17Br2N/c1-3-15(12-5-7-13(17)8-6-12)19-16-10-11(2)4-9-14(16)18/h4-10,15,19H,3H2,1-2H3. The maximum absolute atomic E-state index is 3.61. The molecule has 0 radical (unpaired) electrons. The van der Waals surface area contributed by atoms with Gasteiger partial charge in [-0.05, 0) is 64.7 Å². The topological polar surface area (TPSA) is 12.0 Å². The quantitative estimate of drug-likeness (QED) is 0.675. The Morgan fingerprint density at radius 2 is 1.74 bits per heavy atom. The van der Waals surface area contributed by atoms with Gasteiger partial charge in [-0.15, -0.1) is 0 Å². The molecule has 0 heterocycles. The molecule has 0 spiro atoms. The van der Waals surface area contributed by atoms with E-state index in [4.69, 9.17) is 0 Å². The predicted molar refractivity (Wildman–Crippen MR) is 89.7 cm³/mol. The van der Waals surface area contributed by atoms with Crippen molar-refractivity contribution in [3.8, 4) is 0 Å². The van der Waals surface area contributed by atoms with E-state index in [1.165, 1.54) is 11.1 Å². The molecule has 1 N–H and O–H groups in total. The van der Waals surface area contributed by atoms with Crippen LogP contribution in [0.5, 0.6) is 0 Å². The lowest BCUT2D eigenvalue weighted by Gasteiger charge is -2.20. The van der Waals surface area contributed by atoms with Crippen molar-refractivity contribution in [3.05, 3.63) is 62.5 Å². The van der Waals surface area contributed by atoms with Crippen molar-refractivity contribution in [2.45, 2.75) is 26.3 Å². The summed E-state index contributed by atoms with van der Waals surface area (Å²) in [6.45, 7) is 4.31. The molecule has 0 aromatic heterocycles. The second kappa shape index (κ2) is 6.58. The first-order valence-corrected chi connectivity index (χ1v) is 7.97. The van der Waals surface area contributed by atoms with Crippen molar-refractivity contribution in [2.75, 3.05) is 5.32 Å². The van der Waals surface area contributed by atoms with Crippen LogP contribution < -0.4 is 5.32 Å². The molecule has 0 aliphatic heterocycles. The lowest BCUT2D eigenvalue weighted by atomic mass is 10.0. The number of hydrogen-bond acceptors (Lipinski definition) is 1. The van der Waals surface area contributed by atoms with Gasteiger partial charge in [0.05, 0.1) is 6.04 Å². The van der Waals surface area contributed by atoms with E-state index in [1.807, 2.05) is 0 Å². The Morgan fingerprint density at radius 1 is 1.05 bits per heavy atom. The van der Waals surface area contributed by atoms with Gasteiger partial charge in [0.15, 0.2) is 0 Å². The van der Waals surface area contributed by atoms with Crippen LogP contribution in [0.25, 0.3) is 0 Å². The zero-order chi connectivity index (χ0) is 13.8. The summed E-state index contributed by atoms with van der Waals surface area (Å²) in [4.78, 5) is 0. The van der Waals surface area contributed by atoms with Gasteiger partial charge in [-0.2, -0.15) is 0 Å². The molecular weight excluding hydrogens is 366 g/mol. The van der Waals surface area contributed by atoms with E-state index in [1.54, 1.807) is 0 Å². The summed E-state index contributed by atoms with van der Waals surface area (Å²) in [6.07, 6.45) is 1.04. The Kier molecular flexibility index (Phi) is 5.06. The molecule has 3 heteroatoms. The summed E-state index contributed by atoms with van der Waals surface area (Å²) in [6, 6.07) is 15.2. The first kappa shape index (κ1) is 14.6. The molecule has 1 unspecified atom stereocenters. The van der Waals surface area contributed by atoms with Gasteiger partial charge in [-0.1, -0.05) is 41.1 Å². The normalized spacial score (nSPS) is 12.2. The minimum atomic E-state index is 0.325. The van der Waals surface area contributed by atoms with E-state index >= 15 is 0 Å². The lowest BCUT2D eigenvalue weighted by molar-refractivity contribution is 0.748. The molecular formula is C16H17Br2N. The number of anilines is 1. The van der Waals surface area contributed by atoms with Crippen LogP contribution in [-0.2, 0) is 0 Å². The highest BCUT2D eigenvalue weighted by atomic mass is 79.9. The number of rotatable bonds is 4. The molecule has 1 atom stereocenters. The molecule has 0 amide bonds. The van der Waals surface area contributed by atoms with Crippen LogP contribution in [0, 0.1) is 6.92 Å². The summed E-state index contributed by atoms with van der Waals surface area (Å²) < 4.78 is 2.22. The van der Waals surface area contributed by atoms with Crippen LogP contribution in [-0.4, -0.2) is 0 Å². The zero-order valence-electron chi connectivity index (χ0n) is 11.1. The second-order valence-corrected chi connectivity index (χ2v) is 6.41. The number of benzene rings is 2. The van der Waals surface area contributed by atoms with Crippen LogP contribution >= 0.6 is 31.9 Å². The van der Waals surface area contributed by atoms with Gasteiger partial charge in [0, 0.05) is 14.6 Å². The third kappa shape index (κ3) is 3.83. The molecule has 1 nitrogen and oxygen atoms in total. The van der Waals surface area contributed by atoms with Crippen LogP contribution in [0.1, 0.15) is 30.5 Å². The van der Waals surface area contributed by atoms with Crippen LogP contribution in [0.3, 0.4) is 0 Å². The Hall–Kier alpha value is -0.800. The number of halogens is 2. The van der Waals surface area contributed by atoms with E-state index in [9.17, 15) is 0 Å². The molecule has 0 saturated heterocycles. The van der Waals surface area contributed by atoms with Crippen molar-refractivity contribution in [1.82, 2.24) is 0 Å². The average Bonchev–Trinajstić information content (AvgIpc) is 2.41. The van der Waals surface area contributed by atoms with Crippen LogP contribution in [0.4, 0.5) is 5.69 Å². The van der Waals surface area contributed by atoms with Gasteiger partial charge in [-0.25, -0.2) is 0 Å². The highest BCUT2D eigenvalue weighted by Gasteiger charge is 2.10. The van der Waals surface area contributed by atoms with Gasteiger partial charge < -0.3 is 5.32 Å². The molecule has 0 saturated carbocycles. The SMILES string of the molecule is CCC(Nc1cc(C)ccc1Br)c1ccc(Br)cc1. The second-order valence-electron chi connectivity index (χ2n) is 4.64. The molecule has 0 bridgehead atoms. The first-order chi connectivity index (χ1) is 9.10. The minimum absolute atomic E-state index is 0.325. The van der Waals surface area contributed by atoms with E-state index in [-0.39, 0.29) is 0 Å². The van der Waals surface area contributed by atoms with E-state index in [0.717, 1.165) is 21.1 Å². The van der Waals surface area contributed by atoms with E-state index < -0.39 is 0 Å². The summed E-state index contributed by atoms with van der Waals surface area (Å²) in [5.74, 6) is 0. The molecule has 2 aromatic rings. The molecule has 0 fully saturated rings. The molecule has 0 aliphatic carbocycles. The van der Waals surface area contributed by atoms with Crippen LogP contribution in [0.2, 0.25) is 0 Å². The summed E-state index contributed by atoms with van der Waals surface area (Å²) in [5.41, 5.74) is 3.71. The summed E-state index contributed by atoms with van der Waals surface area (Å²) >= 11 is 7.08. The highest BCUT2D eigenvalue weighted by Crippen LogP contribution is 2.29. The maximum Gasteiger partial charge on any atom is 0.0511 e.